The van der Waals surface area contributed by atoms with E-state index in [4.69, 9.17) is 5.73 Å². The van der Waals surface area contributed by atoms with Crippen molar-refractivity contribution in [2.24, 2.45) is 0 Å². The minimum Gasteiger partial charge on any atom is -0.368 e. The second kappa shape index (κ2) is 10.2. The standard InChI is InChI=1S/C26H23F3N8O2S/c1-15-3-6-17(11-21(15)40(2,38)39)20-10-18(9-16-4-7-19(8-5-16)37-14-31-13-33-37)22-23(34-20)24(36-25(30)35-22)32-12-26(27,28)29/h3-8,10-11,13-14H,9,12H2,1-2H3,(H3,30,32,35,36). The summed E-state index contributed by atoms with van der Waals surface area (Å²) in [5.74, 6) is -0.399. The zero-order chi connectivity index (χ0) is 28.7. The van der Waals surface area contributed by atoms with Crippen LogP contribution < -0.4 is 11.1 Å². The average molecular weight is 569 g/mol. The number of alkyl halides is 3. The van der Waals surface area contributed by atoms with E-state index >= 15 is 0 Å². The SMILES string of the molecule is Cc1ccc(-c2cc(Cc3ccc(-n4cncn4)cc3)c3nc(N)nc(NCC(F)(F)F)c3n2)cc1S(C)(=O)=O. The van der Waals surface area contributed by atoms with E-state index in [1.54, 1.807) is 36.1 Å². The number of nitrogens with two attached hydrogens (primary N) is 1. The van der Waals surface area contributed by atoms with Gasteiger partial charge in [-0.25, -0.2) is 28.1 Å². The zero-order valence-electron chi connectivity index (χ0n) is 21.3. The summed E-state index contributed by atoms with van der Waals surface area (Å²) in [6.07, 6.45) is -0.0904. The van der Waals surface area contributed by atoms with E-state index in [1.165, 1.54) is 12.4 Å². The summed E-state index contributed by atoms with van der Waals surface area (Å²) < 4.78 is 65.5. The third-order valence-corrected chi connectivity index (χ3v) is 7.34. The molecule has 0 amide bonds. The molecule has 3 heterocycles. The number of nitrogen functional groups attached to an aromatic ring is 1. The second-order valence-electron chi connectivity index (χ2n) is 9.20. The molecule has 40 heavy (non-hydrogen) atoms. The molecule has 3 N–H and O–H groups in total. The van der Waals surface area contributed by atoms with Crippen LogP contribution in [0.5, 0.6) is 0 Å². The predicted octanol–water partition coefficient (Wildman–Crippen LogP) is 4.13. The Hall–Kier alpha value is -4.59. The van der Waals surface area contributed by atoms with Gasteiger partial charge in [0.15, 0.2) is 15.7 Å². The highest BCUT2D eigenvalue weighted by Crippen LogP contribution is 2.32. The van der Waals surface area contributed by atoms with Crippen molar-refractivity contribution in [1.82, 2.24) is 29.7 Å². The number of hydrogen-bond donors (Lipinski definition) is 2. The van der Waals surface area contributed by atoms with Crippen LogP contribution in [-0.2, 0) is 16.3 Å². The first-order valence-electron chi connectivity index (χ1n) is 11.9. The van der Waals surface area contributed by atoms with Gasteiger partial charge in [0, 0.05) is 11.8 Å². The topological polar surface area (TPSA) is 142 Å². The van der Waals surface area contributed by atoms with Crippen molar-refractivity contribution < 1.29 is 21.6 Å². The third-order valence-electron chi connectivity index (χ3n) is 6.10. The Morgan fingerprint density at radius 3 is 2.40 bits per heavy atom. The Labute approximate surface area is 227 Å². The summed E-state index contributed by atoms with van der Waals surface area (Å²) in [6, 6.07) is 14.0. The lowest BCUT2D eigenvalue weighted by Crippen LogP contribution is -2.22. The summed E-state index contributed by atoms with van der Waals surface area (Å²) >= 11 is 0. The molecule has 0 aliphatic rings. The summed E-state index contributed by atoms with van der Waals surface area (Å²) in [6.45, 7) is 0.324. The highest BCUT2D eigenvalue weighted by molar-refractivity contribution is 7.90. The average Bonchev–Trinajstić information content (AvgIpc) is 3.42. The van der Waals surface area contributed by atoms with E-state index in [0.29, 0.717) is 28.8 Å². The first-order chi connectivity index (χ1) is 18.9. The molecule has 0 aliphatic carbocycles. The van der Waals surface area contributed by atoms with Crippen LogP contribution in [0.15, 0.2) is 66.1 Å². The van der Waals surface area contributed by atoms with Gasteiger partial charge in [-0.1, -0.05) is 24.3 Å². The number of hydrogen-bond acceptors (Lipinski definition) is 9. The molecule has 10 nitrogen and oxygen atoms in total. The van der Waals surface area contributed by atoms with Gasteiger partial charge in [0.05, 0.1) is 16.3 Å². The number of aromatic nitrogens is 6. The van der Waals surface area contributed by atoms with E-state index in [2.05, 4.69) is 30.4 Å². The highest BCUT2D eigenvalue weighted by atomic mass is 32.2. The van der Waals surface area contributed by atoms with Crippen molar-refractivity contribution in [3.05, 3.63) is 77.9 Å². The van der Waals surface area contributed by atoms with Crippen molar-refractivity contribution in [2.75, 3.05) is 23.9 Å². The Kier molecular flexibility index (Phi) is 6.87. The largest absolute Gasteiger partial charge is 0.405 e. The van der Waals surface area contributed by atoms with Crippen LogP contribution in [0.3, 0.4) is 0 Å². The van der Waals surface area contributed by atoms with Gasteiger partial charge in [0.2, 0.25) is 5.95 Å². The van der Waals surface area contributed by atoms with Gasteiger partial charge in [0.25, 0.3) is 0 Å². The minimum absolute atomic E-state index is 0.0756. The number of fused-ring (bicyclic) bond motifs is 1. The molecule has 0 fully saturated rings. The minimum atomic E-state index is -4.51. The van der Waals surface area contributed by atoms with Crippen molar-refractivity contribution in [1.29, 1.82) is 0 Å². The molecule has 0 spiro atoms. The summed E-state index contributed by atoms with van der Waals surface area (Å²) in [5, 5.41) is 6.38. The van der Waals surface area contributed by atoms with Crippen LogP contribution in [0, 0.1) is 6.92 Å². The zero-order valence-corrected chi connectivity index (χ0v) is 22.1. The smallest absolute Gasteiger partial charge is 0.368 e. The van der Waals surface area contributed by atoms with Crippen LogP contribution in [0.4, 0.5) is 24.9 Å². The normalized spacial score (nSPS) is 12.1. The Balaban J connectivity index is 1.66. The number of pyridine rings is 1. The molecule has 5 rings (SSSR count). The maximum Gasteiger partial charge on any atom is 0.405 e. The fraction of sp³-hybridized carbons (Fsp3) is 0.192. The Bertz CT molecular complexity index is 1810. The molecule has 0 radical (unpaired) electrons. The number of aryl methyl sites for hydroxylation is 1. The van der Waals surface area contributed by atoms with Crippen LogP contribution in [-0.4, -0.2) is 57.1 Å². The molecular formula is C26H23F3N8O2S. The quantitative estimate of drug-likeness (QED) is 0.296. The summed E-state index contributed by atoms with van der Waals surface area (Å²) in [7, 11) is -3.54. The van der Waals surface area contributed by atoms with Gasteiger partial charge in [-0.15, -0.1) is 0 Å². The lowest BCUT2D eigenvalue weighted by Gasteiger charge is -2.15. The van der Waals surface area contributed by atoms with Gasteiger partial charge in [0.1, 0.15) is 30.2 Å². The summed E-state index contributed by atoms with van der Waals surface area (Å²) in [5.41, 5.74) is 9.87. The van der Waals surface area contributed by atoms with E-state index in [0.717, 1.165) is 17.5 Å². The molecule has 0 saturated heterocycles. The Morgan fingerprint density at radius 2 is 1.75 bits per heavy atom. The predicted molar refractivity (Wildman–Crippen MR) is 144 cm³/mol. The summed E-state index contributed by atoms with van der Waals surface area (Å²) in [4.78, 5) is 16.9. The van der Waals surface area contributed by atoms with E-state index in [9.17, 15) is 21.6 Å². The number of nitrogens with one attached hydrogen (secondary N) is 1. The van der Waals surface area contributed by atoms with Gasteiger partial charge in [-0.2, -0.15) is 23.3 Å². The fourth-order valence-corrected chi connectivity index (χ4v) is 5.26. The van der Waals surface area contributed by atoms with Crippen molar-refractivity contribution in [2.45, 2.75) is 24.4 Å². The molecule has 206 valence electrons. The fourth-order valence-electron chi connectivity index (χ4n) is 4.26. The molecule has 0 atom stereocenters. The van der Waals surface area contributed by atoms with E-state index in [-0.39, 0.29) is 27.7 Å². The van der Waals surface area contributed by atoms with E-state index in [1.807, 2.05) is 24.3 Å². The molecule has 14 heteroatoms. The lowest BCUT2D eigenvalue weighted by molar-refractivity contribution is -0.115. The van der Waals surface area contributed by atoms with Crippen LogP contribution >= 0.6 is 0 Å². The van der Waals surface area contributed by atoms with Crippen LogP contribution in [0.1, 0.15) is 16.7 Å². The molecular weight excluding hydrogens is 545 g/mol. The van der Waals surface area contributed by atoms with Gasteiger partial charge >= 0.3 is 6.18 Å². The molecule has 2 aromatic carbocycles. The second-order valence-corrected chi connectivity index (χ2v) is 11.2. The van der Waals surface area contributed by atoms with Gasteiger partial charge in [-0.05, 0) is 54.3 Å². The van der Waals surface area contributed by atoms with Gasteiger partial charge < -0.3 is 11.1 Å². The highest BCUT2D eigenvalue weighted by Gasteiger charge is 2.28. The Morgan fingerprint density at radius 1 is 1.00 bits per heavy atom. The van der Waals surface area contributed by atoms with Crippen LogP contribution in [0.25, 0.3) is 28.0 Å². The van der Waals surface area contributed by atoms with Gasteiger partial charge in [-0.3, -0.25) is 0 Å². The molecule has 0 saturated carbocycles. The van der Waals surface area contributed by atoms with Crippen molar-refractivity contribution in [3.8, 4) is 16.9 Å². The molecule has 0 bridgehead atoms. The third kappa shape index (κ3) is 5.86. The molecule has 0 aliphatic heterocycles. The van der Waals surface area contributed by atoms with Crippen molar-refractivity contribution in [3.63, 3.8) is 0 Å². The number of sulfone groups is 1. The maximum absolute atomic E-state index is 13.1. The monoisotopic (exact) mass is 568 g/mol. The number of halogens is 3. The molecule has 5 aromatic rings. The number of anilines is 2. The number of benzene rings is 2. The molecule has 3 aromatic heterocycles. The first kappa shape index (κ1) is 27.0. The van der Waals surface area contributed by atoms with E-state index < -0.39 is 22.6 Å². The molecule has 0 unspecified atom stereocenters. The first-order valence-corrected chi connectivity index (χ1v) is 13.8. The van der Waals surface area contributed by atoms with Crippen molar-refractivity contribution >= 4 is 32.6 Å². The number of nitrogens with zero attached hydrogens (tertiary/aromatic N) is 6. The maximum atomic E-state index is 13.1. The lowest BCUT2D eigenvalue weighted by atomic mass is 10.0. The van der Waals surface area contributed by atoms with Crippen LogP contribution in [0.2, 0.25) is 0 Å². The number of rotatable bonds is 7.